The van der Waals surface area contributed by atoms with E-state index in [9.17, 15) is 0 Å². The Hall–Kier alpha value is -1.24. The molecule has 0 saturated heterocycles. The molecule has 0 bridgehead atoms. The summed E-state index contributed by atoms with van der Waals surface area (Å²) in [5.74, 6) is 0. The fourth-order valence-electron chi connectivity index (χ4n) is 1.46. The van der Waals surface area contributed by atoms with Crippen LogP contribution in [0.4, 0.5) is 0 Å². The second-order valence-corrected chi connectivity index (χ2v) is 3.57. The van der Waals surface area contributed by atoms with Crippen LogP contribution in [0.2, 0.25) is 0 Å². The molecule has 0 aliphatic heterocycles. The van der Waals surface area contributed by atoms with Crippen LogP contribution in [0.3, 0.4) is 0 Å². The molecule has 1 N–H and O–H groups in total. The molecule has 0 aromatic heterocycles. The SMILES string of the molecule is C=CO.CCCCCc1ccccc1C. The molecule has 0 aliphatic rings. The summed E-state index contributed by atoms with van der Waals surface area (Å²) in [5.41, 5.74) is 2.96. The Labute approximate surface area is 93.5 Å². The molecule has 0 amide bonds. The zero-order valence-corrected chi connectivity index (χ0v) is 9.87. The first-order valence-corrected chi connectivity index (χ1v) is 5.55. The molecule has 0 fully saturated rings. The van der Waals surface area contributed by atoms with Crippen molar-refractivity contribution in [1.29, 1.82) is 0 Å². The van der Waals surface area contributed by atoms with Crippen molar-refractivity contribution >= 4 is 0 Å². The van der Waals surface area contributed by atoms with Crippen LogP contribution in [-0.2, 0) is 6.42 Å². The minimum atomic E-state index is 0.750. The van der Waals surface area contributed by atoms with Crippen molar-refractivity contribution in [3.63, 3.8) is 0 Å². The van der Waals surface area contributed by atoms with Gasteiger partial charge in [-0.15, -0.1) is 0 Å². The van der Waals surface area contributed by atoms with Crippen molar-refractivity contribution in [2.45, 2.75) is 39.5 Å². The molecule has 0 spiro atoms. The summed E-state index contributed by atoms with van der Waals surface area (Å²) >= 11 is 0. The molecule has 0 radical (unpaired) electrons. The lowest BCUT2D eigenvalue weighted by Crippen LogP contribution is -1.88. The van der Waals surface area contributed by atoms with Crippen LogP contribution >= 0.6 is 0 Å². The average molecular weight is 206 g/mol. The van der Waals surface area contributed by atoms with Crippen molar-refractivity contribution in [1.82, 2.24) is 0 Å². The van der Waals surface area contributed by atoms with Crippen LogP contribution in [0.1, 0.15) is 37.3 Å². The minimum Gasteiger partial charge on any atom is -0.516 e. The van der Waals surface area contributed by atoms with Gasteiger partial charge in [0, 0.05) is 0 Å². The molecule has 0 saturated carbocycles. The molecule has 15 heavy (non-hydrogen) atoms. The van der Waals surface area contributed by atoms with E-state index in [-0.39, 0.29) is 0 Å². The van der Waals surface area contributed by atoms with Gasteiger partial charge in [-0.1, -0.05) is 50.6 Å². The summed E-state index contributed by atoms with van der Waals surface area (Å²) in [6.07, 6.45) is 6.00. The van der Waals surface area contributed by atoms with Gasteiger partial charge < -0.3 is 5.11 Å². The second-order valence-electron chi connectivity index (χ2n) is 3.57. The van der Waals surface area contributed by atoms with Gasteiger partial charge in [0.05, 0.1) is 6.26 Å². The molecular weight excluding hydrogens is 184 g/mol. The van der Waals surface area contributed by atoms with E-state index in [1.54, 1.807) is 0 Å². The van der Waals surface area contributed by atoms with Crippen LogP contribution in [0.15, 0.2) is 37.1 Å². The van der Waals surface area contributed by atoms with E-state index < -0.39 is 0 Å². The van der Waals surface area contributed by atoms with Gasteiger partial charge >= 0.3 is 0 Å². The third-order valence-electron chi connectivity index (χ3n) is 2.31. The van der Waals surface area contributed by atoms with Crippen molar-refractivity contribution in [3.05, 3.63) is 48.2 Å². The third kappa shape index (κ3) is 6.78. The van der Waals surface area contributed by atoms with Gasteiger partial charge in [0.15, 0.2) is 0 Å². The molecule has 0 heterocycles. The molecule has 1 aromatic carbocycles. The number of rotatable bonds is 4. The Morgan fingerprint density at radius 2 is 1.87 bits per heavy atom. The van der Waals surface area contributed by atoms with E-state index in [1.807, 2.05) is 0 Å². The number of unbranched alkanes of at least 4 members (excludes halogenated alkanes) is 2. The Balaban J connectivity index is 0.000000583. The maximum Gasteiger partial charge on any atom is 0.0719 e. The molecular formula is C14H22O. The summed E-state index contributed by atoms with van der Waals surface area (Å²) in [4.78, 5) is 0. The van der Waals surface area contributed by atoms with E-state index in [0.717, 1.165) is 6.26 Å². The summed E-state index contributed by atoms with van der Waals surface area (Å²) < 4.78 is 0. The van der Waals surface area contributed by atoms with Gasteiger partial charge in [-0.05, 0) is 30.9 Å². The number of hydrogen-bond acceptors (Lipinski definition) is 1. The standard InChI is InChI=1S/C12H18.C2H4O/c1-3-4-5-9-12-10-7-6-8-11(12)2;1-2-3/h6-8,10H,3-5,9H2,1-2H3;2-3H,1H2. The van der Waals surface area contributed by atoms with Gasteiger partial charge in [-0.3, -0.25) is 0 Å². The molecule has 1 nitrogen and oxygen atoms in total. The van der Waals surface area contributed by atoms with Crippen molar-refractivity contribution in [2.75, 3.05) is 0 Å². The van der Waals surface area contributed by atoms with E-state index >= 15 is 0 Å². The maximum atomic E-state index is 7.33. The maximum absolute atomic E-state index is 7.33. The number of hydrogen-bond donors (Lipinski definition) is 1. The lowest BCUT2D eigenvalue weighted by Gasteiger charge is -2.03. The van der Waals surface area contributed by atoms with Crippen LogP contribution in [0.5, 0.6) is 0 Å². The predicted molar refractivity (Wildman–Crippen MR) is 67.2 cm³/mol. The molecule has 1 aromatic rings. The third-order valence-corrected chi connectivity index (χ3v) is 2.31. The highest BCUT2D eigenvalue weighted by Crippen LogP contribution is 2.10. The normalized spacial score (nSPS) is 8.93. The lowest BCUT2D eigenvalue weighted by molar-refractivity contribution is 0.476. The number of aryl methyl sites for hydroxylation is 2. The van der Waals surface area contributed by atoms with E-state index in [4.69, 9.17) is 5.11 Å². The van der Waals surface area contributed by atoms with Crippen LogP contribution in [0, 0.1) is 6.92 Å². The minimum absolute atomic E-state index is 0.750. The fraction of sp³-hybridized carbons (Fsp3) is 0.429. The number of aliphatic hydroxyl groups excluding tert-OH is 1. The van der Waals surface area contributed by atoms with E-state index in [2.05, 4.69) is 44.7 Å². The molecule has 1 rings (SSSR count). The number of benzene rings is 1. The van der Waals surface area contributed by atoms with E-state index in [0.29, 0.717) is 0 Å². The van der Waals surface area contributed by atoms with Gasteiger partial charge in [-0.25, -0.2) is 0 Å². The summed E-state index contributed by atoms with van der Waals surface area (Å²) in [6.45, 7) is 7.36. The van der Waals surface area contributed by atoms with Gasteiger partial charge in [0.2, 0.25) is 0 Å². The van der Waals surface area contributed by atoms with Crippen molar-refractivity contribution in [3.8, 4) is 0 Å². The fourth-order valence-corrected chi connectivity index (χ4v) is 1.46. The zero-order chi connectivity index (χ0) is 11.5. The Morgan fingerprint density at radius 3 is 2.40 bits per heavy atom. The number of aliphatic hydroxyl groups is 1. The van der Waals surface area contributed by atoms with Crippen molar-refractivity contribution < 1.29 is 5.11 Å². The Kier molecular flexibility index (Phi) is 8.55. The molecule has 0 aliphatic carbocycles. The topological polar surface area (TPSA) is 20.2 Å². The highest BCUT2D eigenvalue weighted by molar-refractivity contribution is 5.25. The summed E-state index contributed by atoms with van der Waals surface area (Å²) in [6, 6.07) is 8.68. The first-order valence-electron chi connectivity index (χ1n) is 5.55. The summed E-state index contributed by atoms with van der Waals surface area (Å²) in [5, 5.41) is 7.33. The first kappa shape index (κ1) is 13.8. The molecule has 1 heteroatoms. The van der Waals surface area contributed by atoms with Crippen LogP contribution in [-0.4, -0.2) is 5.11 Å². The highest BCUT2D eigenvalue weighted by atomic mass is 16.2. The predicted octanol–water partition coefficient (Wildman–Crippen LogP) is 4.42. The van der Waals surface area contributed by atoms with Gasteiger partial charge in [0.25, 0.3) is 0 Å². The molecule has 0 unspecified atom stereocenters. The summed E-state index contributed by atoms with van der Waals surface area (Å²) in [7, 11) is 0. The smallest absolute Gasteiger partial charge is 0.0719 e. The average Bonchev–Trinajstić information content (AvgIpc) is 2.22. The van der Waals surface area contributed by atoms with Gasteiger partial charge in [-0.2, -0.15) is 0 Å². The Morgan fingerprint density at radius 1 is 1.27 bits per heavy atom. The zero-order valence-electron chi connectivity index (χ0n) is 9.87. The lowest BCUT2D eigenvalue weighted by atomic mass is 10.0. The van der Waals surface area contributed by atoms with Gasteiger partial charge in [0.1, 0.15) is 0 Å². The molecule has 84 valence electrons. The monoisotopic (exact) mass is 206 g/mol. The Bertz CT molecular complexity index is 266. The van der Waals surface area contributed by atoms with Crippen LogP contribution in [0.25, 0.3) is 0 Å². The highest BCUT2D eigenvalue weighted by Gasteiger charge is 1.95. The first-order chi connectivity index (χ1) is 7.26. The van der Waals surface area contributed by atoms with Crippen LogP contribution < -0.4 is 0 Å². The quantitative estimate of drug-likeness (QED) is 0.571. The van der Waals surface area contributed by atoms with Crippen molar-refractivity contribution in [2.24, 2.45) is 0 Å². The second kappa shape index (κ2) is 9.32. The largest absolute Gasteiger partial charge is 0.516 e. The van der Waals surface area contributed by atoms with E-state index in [1.165, 1.54) is 36.8 Å². The molecule has 0 atom stereocenters.